The van der Waals surface area contributed by atoms with Gasteiger partial charge in [0.25, 0.3) is 0 Å². The average molecular weight is 290 g/mol. The minimum atomic E-state index is 0.506. The monoisotopic (exact) mass is 290 g/mol. The molecule has 6 heteroatoms. The lowest BCUT2D eigenvalue weighted by Gasteiger charge is -2.10. The van der Waals surface area contributed by atoms with E-state index in [1.54, 1.807) is 13.3 Å². The SMILES string of the molecule is CCCn1cncc1CNc1ccc(OCCOC)nc1. The second-order valence-corrected chi connectivity index (χ2v) is 4.66. The van der Waals surface area contributed by atoms with Crippen LogP contribution < -0.4 is 10.1 Å². The summed E-state index contributed by atoms with van der Waals surface area (Å²) in [6, 6.07) is 3.80. The van der Waals surface area contributed by atoms with E-state index in [0.29, 0.717) is 19.1 Å². The molecule has 0 radical (unpaired) electrons. The molecular weight excluding hydrogens is 268 g/mol. The van der Waals surface area contributed by atoms with Crippen LogP contribution in [0, 0.1) is 0 Å². The zero-order valence-electron chi connectivity index (χ0n) is 12.6. The first-order valence-electron chi connectivity index (χ1n) is 7.14. The Morgan fingerprint density at radius 3 is 2.86 bits per heavy atom. The summed E-state index contributed by atoms with van der Waals surface area (Å²) < 4.78 is 12.5. The van der Waals surface area contributed by atoms with Crippen molar-refractivity contribution in [3.05, 3.63) is 36.5 Å². The number of anilines is 1. The minimum absolute atomic E-state index is 0.506. The van der Waals surface area contributed by atoms with E-state index in [2.05, 4.69) is 26.8 Å². The third-order valence-corrected chi connectivity index (χ3v) is 3.01. The maximum Gasteiger partial charge on any atom is 0.213 e. The number of hydrogen-bond donors (Lipinski definition) is 1. The van der Waals surface area contributed by atoms with Crippen molar-refractivity contribution in [2.75, 3.05) is 25.6 Å². The van der Waals surface area contributed by atoms with Crippen molar-refractivity contribution >= 4 is 5.69 Å². The number of nitrogens with one attached hydrogen (secondary N) is 1. The number of aryl methyl sites for hydroxylation is 1. The van der Waals surface area contributed by atoms with E-state index in [-0.39, 0.29) is 0 Å². The normalized spacial score (nSPS) is 10.6. The highest BCUT2D eigenvalue weighted by atomic mass is 16.5. The van der Waals surface area contributed by atoms with Crippen LogP contribution in [0.4, 0.5) is 5.69 Å². The van der Waals surface area contributed by atoms with E-state index in [1.807, 2.05) is 24.7 Å². The summed E-state index contributed by atoms with van der Waals surface area (Å²) in [5.74, 6) is 0.605. The van der Waals surface area contributed by atoms with E-state index >= 15 is 0 Å². The van der Waals surface area contributed by atoms with Gasteiger partial charge >= 0.3 is 0 Å². The highest BCUT2D eigenvalue weighted by molar-refractivity contribution is 5.42. The fourth-order valence-electron chi connectivity index (χ4n) is 1.93. The van der Waals surface area contributed by atoms with Crippen molar-refractivity contribution in [2.24, 2.45) is 0 Å². The molecule has 0 bridgehead atoms. The van der Waals surface area contributed by atoms with Gasteiger partial charge in [0, 0.05) is 25.9 Å². The molecule has 21 heavy (non-hydrogen) atoms. The van der Waals surface area contributed by atoms with Crippen molar-refractivity contribution in [3.63, 3.8) is 0 Å². The smallest absolute Gasteiger partial charge is 0.213 e. The number of methoxy groups -OCH3 is 1. The Kier molecular flexibility index (Phi) is 6.02. The zero-order valence-corrected chi connectivity index (χ0v) is 12.6. The number of hydrogen-bond acceptors (Lipinski definition) is 5. The molecule has 0 spiro atoms. The molecule has 2 aromatic rings. The van der Waals surface area contributed by atoms with Gasteiger partial charge < -0.3 is 19.4 Å². The molecule has 6 nitrogen and oxygen atoms in total. The summed E-state index contributed by atoms with van der Waals surface area (Å²) in [6.45, 7) is 4.94. The van der Waals surface area contributed by atoms with Crippen molar-refractivity contribution in [1.29, 1.82) is 0 Å². The van der Waals surface area contributed by atoms with Gasteiger partial charge in [0.2, 0.25) is 5.88 Å². The molecule has 114 valence electrons. The molecule has 2 aromatic heterocycles. The number of aromatic nitrogens is 3. The van der Waals surface area contributed by atoms with E-state index in [0.717, 1.165) is 30.9 Å². The van der Waals surface area contributed by atoms with E-state index < -0.39 is 0 Å². The largest absolute Gasteiger partial charge is 0.475 e. The molecule has 0 saturated heterocycles. The Labute approximate surface area is 125 Å². The second kappa shape index (κ2) is 8.26. The van der Waals surface area contributed by atoms with Gasteiger partial charge in [0.05, 0.1) is 37.1 Å². The molecule has 2 heterocycles. The van der Waals surface area contributed by atoms with E-state index in [1.165, 1.54) is 0 Å². The van der Waals surface area contributed by atoms with Gasteiger partial charge in [-0.2, -0.15) is 0 Å². The van der Waals surface area contributed by atoms with Crippen molar-refractivity contribution in [3.8, 4) is 5.88 Å². The van der Waals surface area contributed by atoms with Crippen LogP contribution in [0.5, 0.6) is 5.88 Å². The fraction of sp³-hybridized carbons (Fsp3) is 0.467. The van der Waals surface area contributed by atoms with E-state index in [9.17, 15) is 0 Å². The Hall–Kier alpha value is -2.08. The van der Waals surface area contributed by atoms with Crippen LogP contribution in [0.15, 0.2) is 30.9 Å². The maximum absolute atomic E-state index is 5.42. The first-order chi connectivity index (χ1) is 10.3. The fourth-order valence-corrected chi connectivity index (χ4v) is 1.93. The molecule has 0 unspecified atom stereocenters. The minimum Gasteiger partial charge on any atom is -0.475 e. The molecule has 0 aliphatic heterocycles. The summed E-state index contributed by atoms with van der Waals surface area (Å²) >= 11 is 0. The highest BCUT2D eigenvalue weighted by Crippen LogP contribution is 2.13. The van der Waals surface area contributed by atoms with E-state index in [4.69, 9.17) is 9.47 Å². The van der Waals surface area contributed by atoms with Gasteiger partial charge in [0.1, 0.15) is 6.61 Å². The Morgan fingerprint density at radius 2 is 2.14 bits per heavy atom. The quantitative estimate of drug-likeness (QED) is 0.718. The van der Waals surface area contributed by atoms with Crippen LogP contribution in [0.25, 0.3) is 0 Å². The highest BCUT2D eigenvalue weighted by Gasteiger charge is 2.02. The molecule has 0 aromatic carbocycles. The van der Waals surface area contributed by atoms with Crippen molar-refractivity contribution in [2.45, 2.75) is 26.4 Å². The standard InChI is InChI=1S/C15H22N4O2/c1-3-6-19-12-16-10-14(19)11-17-13-4-5-15(18-9-13)21-8-7-20-2/h4-5,9-10,12,17H,3,6-8,11H2,1-2H3. The van der Waals surface area contributed by atoms with Gasteiger partial charge in [-0.3, -0.25) is 0 Å². The summed E-state index contributed by atoms with van der Waals surface area (Å²) in [5.41, 5.74) is 2.12. The lowest BCUT2D eigenvalue weighted by atomic mass is 10.3. The lowest BCUT2D eigenvalue weighted by Crippen LogP contribution is -2.08. The van der Waals surface area contributed by atoms with Crippen LogP contribution in [0.3, 0.4) is 0 Å². The molecule has 0 aliphatic rings. The van der Waals surface area contributed by atoms with Gasteiger partial charge in [-0.05, 0) is 12.5 Å². The Morgan fingerprint density at radius 1 is 1.24 bits per heavy atom. The third-order valence-electron chi connectivity index (χ3n) is 3.01. The lowest BCUT2D eigenvalue weighted by molar-refractivity contribution is 0.144. The molecule has 1 N–H and O–H groups in total. The Balaban J connectivity index is 1.84. The van der Waals surface area contributed by atoms with Crippen LogP contribution in [0.2, 0.25) is 0 Å². The molecule has 2 rings (SSSR count). The average Bonchev–Trinajstić information content (AvgIpc) is 2.94. The molecular formula is C15H22N4O2. The van der Waals surface area contributed by atoms with Gasteiger partial charge in [0.15, 0.2) is 0 Å². The summed E-state index contributed by atoms with van der Waals surface area (Å²) in [7, 11) is 1.65. The van der Waals surface area contributed by atoms with Gasteiger partial charge in [-0.25, -0.2) is 9.97 Å². The Bertz CT molecular complexity index is 525. The molecule has 0 fully saturated rings. The maximum atomic E-state index is 5.42. The topological polar surface area (TPSA) is 61.2 Å². The molecule has 0 atom stereocenters. The number of pyridine rings is 1. The molecule has 0 amide bonds. The number of nitrogens with zero attached hydrogens (tertiary/aromatic N) is 3. The van der Waals surface area contributed by atoms with Crippen LogP contribution in [0.1, 0.15) is 19.0 Å². The molecule has 0 saturated carbocycles. The van der Waals surface area contributed by atoms with Gasteiger partial charge in [-0.1, -0.05) is 6.92 Å². The first kappa shape index (κ1) is 15.3. The molecule has 0 aliphatic carbocycles. The number of rotatable bonds is 9. The summed E-state index contributed by atoms with van der Waals surface area (Å²) in [6.07, 6.45) is 6.62. The number of ether oxygens (including phenoxy) is 2. The predicted molar refractivity (Wildman–Crippen MR) is 81.5 cm³/mol. The third kappa shape index (κ3) is 4.75. The van der Waals surface area contributed by atoms with Crippen LogP contribution >= 0.6 is 0 Å². The zero-order chi connectivity index (χ0) is 14.9. The summed E-state index contributed by atoms with van der Waals surface area (Å²) in [4.78, 5) is 8.43. The predicted octanol–water partition coefficient (Wildman–Crippen LogP) is 2.33. The van der Waals surface area contributed by atoms with Crippen LogP contribution in [-0.4, -0.2) is 34.9 Å². The van der Waals surface area contributed by atoms with Crippen molar-refractivity contribution in [1.82, 2.24) is 14.5 Å². The van der Waals surface area contributed by atoms with Crippen LogP contribution in [-0.2, 0) is 17.8 Å². The summed E-state index contributed by atoms with van der Waals surface area (Å²) in [5, 5.41) is 3.34. The van der Waals surface area contributed by atoms with Gasteiger partial charge in [-0.15, -0.1) is 0 Å². The first-order valence-corrected chi connectivity index (χ1v) is 7.14. The van der Waals surface area contributed by atoms with Crippen molar-refractivity contribution < 1.29 is 9.47 Å². The second-order valence-electron chi connectivity index (χ2n) is 4.66. The number of imidazole rings is 1.